The van der Waals surface area contributed by atoms with Crippen LogP contribution in [0, 0.1) is 6.42 Å². The maximum absolute atomic E-state index is 10.4. The van der Waals surface area contributed by atoms with E-state index in [1.54, 1.807) is 0 Å². The van der Waals surface area contributed by atoms with Crippen LogP contribution < -0.4 is 0 Å². The second kappa shape index (κ2) is 11.5. The first-order valence-corrected chi connectivity index (χ1v) is 6.05. The van der Waals surface area contributed by atoms with Crippen LogP contribution in [0.5, 0.6) is 0 Å². The van der Waals surface area contributed by atoms with Crippen LogP contribution in [0.25, 0.3) is 0 Å². The third-order valence-electron chi connectivity index (χ3n) is 0.974. The molecule has 4 nitrogen and oxygen atoms in total. The predicted octanol–water partition coefficient (Wildman–Crippen LogP) is 0.396. The number of rotatable bonds is 6. The largest absolute Gasteiger partial charge is 0.335 e. The van der Waals surface area contributed by atoms with Gasteiger partial charge in [-0.15, -0.1) is 5.75 Å². The average molecular weight is 389 g/mol. The van der Waals surface area contributed by atoms with Gasteiger partial charge in [-0.3, -0.25) is 4.55 Å². The van der Waals surface area contributed by atoms with Gasteiger partial charge < -0.3 is 11.2 Å². The van der Waals surface area contributed by atoms with E-state index in [4.69, 9.17) is 4.55 Å². The second-order valence-corrected chi connectivity index (χ2v) is 4.90. The number of hydrogen-bond donors (Lipinski definition) is 1. The van der Waals surface area contributed by atoms with Crippen LogP contribution in [-0.4, -0.2) is 36.0 Å². The van der Waals surface area contributed by atoms with E-state index >= 15 is 0 Å². The van der Waals surface area contributed by atoms with Gasteiger partial charge in [-0.1, -0.05) is 0 Å². The van der Waals surface area contributed by atoms with E-state index in [2.05, 4.69) is 0 Å². The molecule has 0 heterocycles. The molecule has 0 amide bonds. The van der Waals surface area contributed by atoms with Crippen LogP contribution >= 0.6 is 11.8 Å². The maximum atomic E-state index is 10.4. The Kier molecular flexibility index (Phi) is 17.5. The molecule has 0 spiro atoms. The molecular formula is C6H11O4S2Y2-. The zero-order valence-corrected chi connectivity index (χ0v) is 15.2. The molecule has 0 aromatic carbocycles. The van der Waals surface area contributed by atoms with Crippen molar-refractivity contribution < 1.29 is 83.2 Å². The molecule has 0 aliphatic heterocycles. The van der Waals surface area contributed by atoms with Gasteiger partial charge in [0, 0.05) is 71.2 Å². The number of Topliss-reactive ketones (excluding diaryl/α,β-unsaturated/α-hetero) is 1. The molecule has 2 radical (unpaired) electrons. The molecular weight excluding hydrogens is 378 g/mol. The fourth-order valence-corrected chi connectivity index (χ4v) is 2.26. The molecule has 8 heteroatoms. The number of thioether (sulfide) groups is 1. The summed E-state index contributed by atoms with van der Waals surface area (Å²) in [6.07, 6.45) is 1.47. The number of hydrogen-bond acceptors (Lipinski definition) is 4. The maximum Gasteiger partial charge on any atom is 0.265 e. The van der Waals surface area contributed by atoms with Gasteiger partial charge in [0.1, 0.15) is 0 Å². The van der Waals surface area contributed by atoms with Gasteiger partial charge >= 0.3 is 0 Å². The quantitative estimate of drug-likeness (QED) is 0.405. The van der Waals surface area contributed by atoms with Crippen molar-refractivity contribution in [1.29, 1.82) is 0 Å². The van der Waals surface area contributed by atoms with E-state index in [0.29, 0.717) is 11.5 Å². The first kappa shape index (κ1) is 21.3. The van der Waals surface area contributed by atoms with Gasteiger partial charge in [0.15, 0.2) is 0 Å². The molecule has 78 valence electrons. The van der Waals surface area contributed by atoms with Crippen molar-refractivity contribution in [2.75, 3.05) is 17.3 Å². The van der Waals surface area contributed by atoms with Crippen LogP contribution in [0.2, 0.25) is 0 Å². The van der Waals surface area contributed by atoms with Gasteiger partial charge in [-0.25, -0.2) is 0 Å². The minimum atomic E-state index is -3.84. The molecule has 0 rings (SSSR count). The topological polar surface area (TPSA) is 71.4 Å². The Balaban J connectivity index is -0.000000605. The van der Waals surface area contributed by atoms with Gasteiger partial charge in [0.2, 0.25) is 0 Å². The molecule has 14 heavy (non-hydrogen) atoms. The summed E-state index contributed by atoms with van der Waals surface area (Å²) in [5.41, 5.74) is 0. The Morgan fingerprint density at radius 3 is 2.29 bits per heavy atom. The minimum Gasteiger partial charge on any atom is -0.335 e. The number of carbonyl (C=O) groups is 1. The molecule has 0 atom stereocenters. The van der Waals surface area contributed by atoms with Gasteiger partial charge in [0.25, 0.3) is 10.1 Å². The number of ketones is 1. The normalized spacial score (nSPS) is 9.57. The number of carbonyl (C=O) groups excluding carboxylic acids is 1. The summed E-state index contributed by atoms with van der Waals surface area (Å²) in [6, 6.07) is 0. The molecule has 0 unspecified atom stereocenters. The summed E-state index contributed by atoms with van der Waals surface area (Å²) in [5.74, 6) is 0.506. The summed E-state index contributed by atoms with van der Waals surface area (Å²) in [5, 5.41) is 0. The van der Waals surface area contributed by atoms with Crippen LogP contribution in [0.1, 0.15) is 6.92 Å². The van der Waals surface area contributed by atoms with E-state index in [-0.39, 0.29) is 77.0 Å². The standard InChI is InChI=1S/C6H11O4S2.2Y/c1-6(7)2-3-11-4-5-12(8,9)10;;/h2H,3-5H2,1H3,(H,8,9,10);;/q-1;;. The molecule has 0 bridgehead atoms. The summed E-state index contributed by atoms with van der Waals surface area (Å²) in [4.78, 5) is 10.4. The molecule has 0 aromatic heterocycles. The molecule has 0 fully saturated rings. The van der Waals surface area contributed by atoms with Gasteiger partial charge in [0.05, 0.1) is 5.75 Å². The Bertz CT molecular complexity index is 240. The summed E-state index contributed by atoms with van der Waals surface area (Å²) >= 11 is 1.29. The van der Waals surface area contributed by atoms with Crippen molar-refractivity contribution in [3.05, 3.63) is 6.42 Å². The smallest absolute Gasteiger partial charge is 0.265 e. The Morgan fingerprint density at radius 2 is 1.93 bits per heavy atom. The van der Waals surface area contributed by atoms with Gasteiger partial charge in [-0.05, 0) is 12.7 Å². The van der Waals surface area contributed by atoms with E-state index in [1.807, 2.05) is 0 Å². The zero-order chi connectivity index (χ0) is 9.61. The molecule has 0 saturated carbocycles. The molecule has 1 N–H and O–H groups in total. The predicted molar refractivity (Wildman–Crippen MR) is 48.7 cm³/mol. The fraction of sp³-hybridized carbons (Fsp3) is 0.667. The van der Waals surface area contributed by atoms with Crippen LogP contribution in [0.4, 0.5) is 0 Å². The van der Waals surface area contributed by atoms with E-state index in [1.165, 1.54) is 25.1 Å². The van der Waals surface area contributed by atoms with E-state index in [0.717, 1.165) is 0 Å². The molecule has 0 aromatic rings. The van der Waals surface area contributed by atoms with Crippen molar-refractivity contribution in [1.82, 2.24) is 0 Å². The summed E-state index contributed by atoms with van der Waals surface area (Å²) in [7, 11) is -3.84. The second-order valence-electron chi connectivity index (χ2n) is 2.18. The molecule has 0 aliphatic rings. The summed E-state index contributed by atoms with van der Waals surface area (Å²) < 4.78 is 28.7. The first-order valence-electron chi connectivity index (χ1n) is 3.28. The van der Waals surface area contributed by atoms with Crippen molar-refractivity contribution in [2.45, 2.75) is 6.92 Å². The van der Waals surface area contributed by atoms with Crippen molar-refractivity contribution in [2.24, 2.45) is 0 Å². The van der Waals surface area contributed by atoms with Crippen molar-refractivity contribution in [3.63, 3.8) is 0 Å². The fourth-order valence-electron chi connectivity index (χ4n) is 0.424. The Hall–Kier alpha value is 2.01. The van der Waals surface area contributed by atoms with E-state index < -0.39 is 10.1 Å². The average Bonchev–Trinajstić information content (AvgIpc) is 1.83. The van der Waals surface area contributed by atoms with E-state index in [9.17, 15) is 13.2 Å². The van der Waals surface area contributed by atoms with Crippen molar-refractivity contribution >= 4 is 27.7 Å². The third kappa shape index (κ3) is 19.6. The molecule has 0 saturated heterocycles. The van der Waals surface area contributed by atoms with Crippen LogP contribution in [0.3, 0.4) is 0 Å². The first-order chi connectivity index (χ1) is 5.42. The summed E-state index contributed by atoms with van der Waals surface area (Å²) in [6.45, 7) is 1.43. The monoisotopic (exact) mass is 389 g/mol. The molecule has 0 aliphatic carbocycles. The van der Waals surface area contributed by atoms with Crippen LogP contribution in [-0.2, 0) is 80.3 Å². The third-order valence-corrected chi connectivity index (χ3v) is 2.85. The van der Waals surface area contributed by atoms with Crippen LogP contribution in [0.15, 0.2) is 0 Å². The van der Waals surface area contributed by atoms with Gasteiger partial charge in [-0.2, -0.15) is 20.2 Å². The SMILES string of the molecule is CC(=O)[CH-]CSCCS(=O)(=O)O.[Y].[Y]. The minimum absolute atomic E-state index is 0. The zero-order valence-electron chi connectivity index (χ0n) is 7.84. The Labute approximate surface area is 139 Å². The van der Waals surface area contributed by atoms with Crippen molar-refractivity contribution in [3.8, 4) is 0 Å². The Morgan fingerprint density at radius 1 is 1.43 bits per heavy atom.